The van der Waals surface area contributed by atoms with Crippen LogP contribution in [0.3, 0.4) is 0 Å². The van der Waals surface area contributed by atoms with Crippen LogP contribution in [0.25, 0.3) is 0 Å². The van der Waals surface area contributed by atoms with Gasteiger partial charge in [-0.25, -0.2) is 4.39 Å². The number of hydrogen-bond acceptors (Lipinski definition) is 4. The molecule has 158 valence electrons. The summed E-state index contributed by atoms with van der Waals surface area (Å²) in [5, 5.41) is 5.65. The molecular formula is C20H30ClFN2O4. The van der Waals surface area contributed by atoms with Gasteiger partial charge in [0.25, 0.3) is 0 Å². The van der Waals surface area contributed by atoms with Gasteiger partial charge in [-0.1, -0.05) is 0 Å². The Morgan fingerprint density at radius 3 is 2.64 bits per heavy atom. The second-order valence-electron chi connectivity index (χ2n) is 9.25. The van der Waals surface area contributed by atoms with E-state index in [1.54, 1.807) is 0 Å². The fourth-order valence-corrected chi connectivity index (χ4v) is 5.56. The summed E-state index contributed by atoms with van der Waals surface area (Å²) in [5.74, 6) is 0.305. The lowest BCUT2D eigenvalue weighted by molar-refractivity contribution is -0.185. The van der Waals surface area contributed by atoms with Crippen LogP contribution in [-0.2, 0) is 19.1 Å². The van der Waals surface area contributed by atoms with E-state index in [9.17, 15) is 14.0 Å². The summed E-state index contributed by atoms with van der Waals surface area (Å²) in [4.78, 5) is 24.7. The predicted octanol–water partition coefficient (Wildman–Crippen LogP) is 2.08. The fourth-order valence-electron chi connectivity index (χ4n) is 5.34. The van der Waals surface area contributed by atoms with E-state index in [0.717, 1.165) is 13.0 Å². The molecule has 2 amide bonds. The molecule has 8 heteroatoms. The fraction of sp³-hybridized carbons (Fsp3) is 0.900. The van der Waals surface area contributed by atoms with E-state index in [4.69, 9.17) is 21.1 Å². The largest absolute Gasteiger partial charge is 0.378 e. The van der Waals surface area contributed by atoms with Gasteiger partial charge in [0.15, 0.2) is 0 Å². The van der Waals surface area contributed by atoms with E-state index in [-0.39, 0.29) is 48.0 Å². The van der Waals surface area contributed by atoms with Crippen molar-refractivity contribution in [2.24, 2.45) is 11.3 Å². The van der Waals surface area contributed by atoms with Crippen molar-refractivity contribution in [3.63, 3.8) is 0 Å². The molecule has 0 spiro atoms. The lowest BCUT2D eigenvalue weighted by Crippen LogP contribution is -2.78. The number of alkyl halides is 2. The molecule has 2 N–H and O–H groups in total. The normalized spacial score (nSPS) is 44.3. The molecule has 4 aliphatic carbocycles. The Kier molecular flexibility index (Phi) is 5.62. The van der Waals surface area contributed by atoms with E-state index in [2.05, 4.69) is 10.6 Å². The summed E-state index contributed by atoms with van der Waals surface area (Å²) >= 11 is 5.87. The van der Waals surface area contributed by atoms with Crippen molar-refractivity contribution >= 4 is 23.4 Å². The molecule has 5 fully saturated rings. The highest BCUT2D eigenvalue weighted by Crippen LogP contribution is 2.67. The molecule has 1 saturated heterocycles. The van der Waals surface area contributed by atoms with Crippen LogP contribution in [-0.4, -0.2) is 60.9 Å². The Morgan fingerprint density at radius 1 is 1.25 bits per heavy atom. The molecule has 0 aromatic rings. The first-order valence-corrected chi connectivity index (χ1v) is 10.9. The molecule has 5 rings (SSSR count). The maximum absolute atomic E-state index is 13.6. The quantitative estimate of drug-likeness (QED) is 0.623. The summed E-state index contributed by atoms with van der Waals surface area (Å²) in [7, 11) is 0. The highest BCUT2D eigenvalue weighted by molar-refractivity contribution is 6.21. The summed E-state index contributed by atoms with van der Waals surface area (Å²) < 4.78 is 24.7. The molecule has 0 radical (unpaired) electrons. The minimum atomic E-state index is -1.07. The summed E-state index contributed by atoms with van der Waals surface area (Å²) in [6.45, 7) is 3.41. The van der Waals surface area contributed by atoms with Crippen LogP contribution in [0.4, 0.5) is 4.39 Å². The molecular weight excluding hydrogens is 387 g/mol. The van der Waals surface area contributed by atoms with Gasteiger partial charge in [-0.15, -0.1) is 11.6 Å². The van der Waals surface area contributed by atoms with Gasteiger partial charge in [0.2, 0.25) is 11.8 Å². The Labute approximate surface area is 170 Å². The van der Waals surface area contributed by atoms with Crippen LogP contribution in [0.5, 0.6) is 0 Å². The third-order valence-electron chi connectivity index (χ3n) is 7.07. The topological polar surface area (TPSA) is 76.7 Å². The van der Waals surface area contributed by atoms with Crippen molar-refractivity contribution in [3.05, 3.63) is 0 Å². The Balaban J connectivity index is 1.14. The smallest absolute Gasteiger partial charge is 0.246 e. The number of halogens is 2. The van der Waals surface area contributed by atoms with Gasteiger partial charge >= 0.3 is 0 Å². The van der Waals surface area contributed by atoms with E-state index in [0.29, 0.717) is 44.6 Å². The lowest BCUT2D eigenvalue weighted by Gasteiger charge is -2.69. The van der Waals surface area contributed by atoms with Gasteiger partial charge in [-0.05, 0) is 45.4 Å². The maximum Gasteiger partial charge on any atom is 0.246 e. The van der Waals surface area contributed by atoms with Crippen LogP contribution >= 0.6 is 11.6 Å². The zero-order valence-electron chi connectivity index (χ0n) is 16.3. The lowest BCUT2D eigenvalue weighted by atomic mass is 9.39. The average molecular weight is 417 g/mol. The Morgan fingerprint density at radius 2 is 2.00 bits per heavy atom. The third kappa shape index (κ3) is 3.90. The van der Waals surface area contributed by atoms with E-state index < -0.39 is 11.5 Å². The van der Waals surface area contributed by atoms with Gasteiger partial charge in [-0.3, -0.25) is 9.59 Å². The molecule has 4 saturated carbocycles. The van der Waals surface area contributed by atoms with Gasteiger partial charge < -0.3 is 20.1 Å². The number of carbonyl (C=O) groups is 2. The number of amides is 2. The average Bonchev–Trinajstić information content (AvgIpc) is 3.00. The van der Waals surface area contributed by atoms with E-state index >= 15 is 0 Å². The molecule has 5 unspecified atom stereocenters. The van der Waals surface area contributed by atoms with Gasteiger partial charge in [0, 0.05) is 31.0 Å². The third-order valence-corrected chi connectivity index (χ3v) is 7.56. The summed E-state index contributed by atoms with van der Waals surface area (Å²) in [6, 6.07) is 0. The maximum atomic E-state index is 13.6. The first-order valence-electron chi connectivity index (χ1n) is 10.4. The van der Waals surface area contributed by atoms with E-state index in [1.807, 2.05) is 6.92 Å². The van der Waals surface area contributed by atoms with E-state index in [1.165, 1.54) is 0 Å². The van der Waals surface area contributed by atoms with Crippen LogP contribution in [0.15, 0.2) is 0 Å². The number of ether oxygens (including phenoxy) is 2. The Bertz CT molecular complexity index is 614. The van der Waals surface area contributed by atoms with Crippen LogP contribution in [0.1, 0.15) is 51.9 Å². The van der Waals surface area contributed by atoms with Crippen molar-refractivity contribution in [1.29, 1.82) is 0 Å². The first kappa shape index (κ1) is 20.4. The minimum absolute atomic E-state index is 0.0646. The zero-order chi connectivity index (χ0) is 19.9. The molecule has 28 heavy (non-hydrogen) atoms. The second kappa shape index (κ2) is 7.73. The van der Waals surface area contributed by atoms with Crippen LogP contribution in [0.2, 0.25) is 0 Å². The van der Waals surface area contributed by atoms with Crippen molar-refractivity contribution in [2.75, 3.05) is 19.8 Å². The molecule has 2 bridgehead atoms. The predicted molar refractivity (Wildman–Crippen MR) is 102 cm³/mol. The van der Waals surface area contributed by atoms with Crippen LogP contribution in [0, 0.1) is 11.3 Å². The monoisotopic (exact) mass is 416 g/mol. The van der Waals surface area contributed by atoms with Gasteiger partial charge in [-0.2, -0.15) is 0 Å². The first-order chi connectivity index (χ1) is 13.3. The Hall–Kier alpha value is -0.920. The highest BCUT2D eigenvalue weighted by Gasteiger charge is 2.72. The summed E-state index contributed by atoms with van der Waals surface area (Å²) in [5.41, 5.74) is -0.561. The SMILES string of the molecule is CC1OCCC1CNC(=O)C12CC(NC(=O)COC3CCC(Cl)C(F)C3)(C1)C2. The molecule has 1 heterocycles. The van der Waals surface area contributed by atoms with Gasteiger partial charge in [0.1, 0.15) is 12.8 Å². The molecule has 6 nitrogen and oxygen atoms in total. The number of nitrogens with one attached hydrogen (secondary N) is 2. The number of hydrogen-bond donors (Lipinski definition) is 2. The summed E-state index contributed by atoms with van der Waals surface area (Å²) in [6.07, 6.45) is 3.45. The van der Waals surface area contributed by atoms with Crippen molar-refractivity contribution in [1.82, 2.24) is 10.6 Å². The minimum Gasteiger partial charge on any atom is -0.378 e. The van der Waals surface area contributed by atoms with Crippen molar-refractivity contribution in [3.8, 4) is 0 Å². The number of carbonyl (C=O) groups excluding carboxylic acids is 2. The standard InChI is InChI=1S/C20H30ClFN2O4/c1-12-13(4-5-27-12)7-23-18(26)19-9-20(10-19,11-19)24-17(25)8-28-14-2-3-15(21)16(22)6-14/h12-16H,2-11H2,1H3,(H,23,26)(H,24,25). The van der Waals surface area contributed by atoms with Crippen molar-refractivity contribution in [2.45, 2.75) is 81.2 Å². The number of rotatable bonds is 7. The molecule has 5 atom stereocenters. The second-order valence-corrected chi connectivity index (χ2v) is 9.81. The highest BCUT2D eigenvalue weighted by atomic mass is 35.5. The van der Waals surface area contributed by atoms with Gasteiger partial charge in [0.05, 0.1) is 23.0 Å². The molecule has 1 aliphatic heterocycles. The molecule has 0 aromatic carbocycles. The molecule has 0 aromatic heterocycles. The van der Waals surface area contributed by atoms with Crippen LogP contribution < -0.4 is 10.6 Å². The zero-order valence-corrected chi connectivity index (χ0v) is 17.1. The van der Waals surface area contributed by atoms with Crippen molar-refractivity contribution < 1.29 is 23.5 Å². The molecule has 5 aliphatic rings.